The van der Waals surface area contributed by atoms with Crippen LogP contribution in [-0.2, 0) is 6.54 Å². The number of carbonyl (C=O) groups excluding carboxylic acids is 2. The lowest BCUT2D eigenvalue weighted by atomic mass is 9.98. The number of nitrogens with zero attached hydrogens (tertiary/aromatic N) is 2. The lowest BCUT2D eigenvalue weighted by molar-refractivity contribution is 0.0939. The van der Waals surface area contributed by atoms with Crippen LogP contribution in [0.4, 0.5) is 0 Å². The van der Waals surface area contributed by atoms with Gasteiger partial charge in [-0.1, -0.05) is 78.3 Å². The smallest absolute Gasteiger partial charge is 0.252 e. The van der Waals surface area contributed by atoms with E-state index in [0.29, 0.717) is 21.7 Å². The minimum atomic E-state index is -0.334. The second-order valence-corrected chi connectivity index (χ2v) is 8.65. The number of amides is 1. The van der Waals surface area contributed by atoms with Gasteiger partial charge in [0.2, 0.25) is 0 Å². The highest BCUT2D eigenvalue weighted by atomic mass is 35.5. The van der Waals surface area contributed by atoms with Crippen molar-refractivity contribution < 1.29 is 9.59 Å². The minimum absolute atomic E-state index is 0.237. The van der Waals surface area contributed by atoms with Crippen LogP contribution in [0.2, 0.25) is 5.02 Å². The van der Waals surface area contributed by atoms with Gasteiger partial charge >= 0.3 is 0 Å². The van der Waals surface area contributed by atoms with Crippen LogP contribution in [-0.4, -0.2) is 21.5 Å². The standard InChI is InChI=1S/C30H22ClN3O2/c31-24-17-15-22(16-18-24)29(35)26-13-7-8-14-27(26)30(36)32-19-23-20-34(25-11-5-2-6-12-25)33-28(23)21-9-3-1-4-10-21/h1-18,20H,19H2,(H,32,36). The molecular weight excluding hydrogens is 470 g/mol. The second-order valence-electron chi connectivity index (χ2n) is 8.21. The normalized spacial score (nSPS) is 10.7. The molecule has 5 nitrogen and oxygen atoms in total. The Morgan fingerprint density at radius 2 is 1.36 bits per heavy atom. The number of aromatic nitrogens is 2. The van der Waals surface area contributed by atoms with E-state index in [2.05, 4.69) is 5.32 Å². The third-order valence-corrected chi connectivity index (χ3v) is 6.07. The minimum Gasteiger partial charge on any atom is -0.348 e. The Morgan fingerprint density at radius 1 is 0.750 bits per heavy atom. The van der Waals surface area contributed by atoms with Crippen molar-refractivity contribution in [3.05, 3.63) is 143 Å². The fourth-order valence-electron chi connectivity index (χ4n) is 4.00. The van der Waals surface area contributed by atoms with Gasteiger partial charge in [-0.25, -0.2) is 4.68 Å². The summed E-state index contributed by atoms with van der Waals surface area (Å²) in [6.07, 6.45) is 1.92. The molecule has 36 heavy (non-hydrogen) atoms. The molecule has 4 aromatic carbocycles. The first-order valence-electron chi connectivity index (χ1n) is 11.5. The molecule has 0 radical (unpaired) electrons. The molecule has 1 amide bonds. The summed E-state index contributed by atoms with van der Waals surface area (Å²) >= 11 is 5.96. The molecule has 6 heteroatoms. The molecule has 0 unspecified atom stereocenters. The van der Waals surface area contributed by atoms with Gasteiger partial charge in [-0.15, -0.1) is 0 Å². The highest BCUT2D eigenvalue weighted by Gasteiger charge is 2.19. The predicted molar refractivity (Wildman–Crippen MR) is 141 cm³/mol. The summed E-state index contributed by atoms with van der Waals surface area (Å²) in [7, 11) is 0. The molecule has 1 heterocycles. The van der Waals surface area contributed by atoms with Crippen molar-refractivity contribution in [2.45, 2.75) is 6.54 Å². The van der Waals surface area contributed by atoms with Crippen LogP contribution >= 0.6 is 11.6 Å². The Balaban J connectivity index is 1.42. The van der Waals surface area contributed by atoms with Crippen molar-refractivity contribution in [2.75, 3.05) is 0 Å². The lowest BCUT2D eigenvalue weighted by Crippen LogP contribution is -2.25. The van der Waals surface area contributed by atoms with Crippen molar-refractivity contribution >= 4 is 23.3 Å². The molecule has 5 rings (SSSR count). The van der Waals surface area contributed by atoms with Gasteiger partial charge in [0.1, 0.15) is 0 Å². The van der Waals surface area contributed by atoms with Gasteiger partial charge in [-0.05, 0) is 42.5 Å². The lowest BCUT2D eigenvalue weighted by Gasteiger charge is -2.10. The molecule has 0 atom stereocenters. The highest BCUT2D eigenvalue weighted by Crippen LogP contribution is 2.24. The van der Waals surface area contributed by atoms with E-state index in [-0.39, 0.29) is 18.2 Å². The second kappa shape index (κ2) is 10.4. The molecule has 0 bridgehead atoms. The van der Waals surface area contributed by atoms with E-state index in [1.807, 2.05) is 71.5 Å². The zero-order chi connectivity index (χ0) is 24.9. The van der Waals surface area contributed by atoms with Crippen LogP contribution in [0.5, 0.6) is 0 Å². The van der Waals surface area contributed by atoms with Gasteiger partial charge in [0.05, 0.1) is 16.9 Å². The fourth-order valence-corrected chi connectivity index (χ4v) is 4.12. The van der Waals surface area contributed by atoms with Crippen LogP contribution in [0, 0.1) is 0 Å². The Morgan fingerprint density at radius 3 is 2.06 bits per heavy atom. The summed E-state index contributed by atoms with van der Waals surface area (Å²) in [4.78, 5) is 26.4. The van der Waals surface area contributed by atoms with Crippen LogP contribution in [0.25, 0.3) is 16.9 Å². The van der Waals surface area contributed by atoms with E-state index < -0.39 is 0 Å². The topological polar surface area (TPSA) is 64.0 Å². The molecule has 0 saturated heterocycles. The summed E-state index contributed by atoms with van der Waals surface area (Å²) in [6.45, 7) is 0.249. The van der Waals surface area contributed by atoms with Crippen LogP contribution in [0.3, 0.4) is 0 Å². The van der Waals surface area contributed by atoms with E-state index in [1.54, 1.807) is 48.5 Å². The van der Waals surface area contributed by atoms with Crippen LogP contribution in [0.15, 0.2) is 115 Å². The SMILES string of the molecule is O=C(NCc1cn(-c2ccccc2)nc1-c1ccccc1)c1ccccc1C(=O)c1ccc(Cl)cc1. The maximum Gasteiger partial charge on any atom is 0.252 e. The molecule has 1 aromatic heterocycles. The zero-order valence-corrected chi connectivity index (χ0v) is 20.0. The number of halogens is 1. The van der Waals surface area contributed by atoms with Gasteiger partial charge < -0.3 is 5.32 Å². The van der Waals surface area contributed by atoms with E-state index in [0.717, 1.165) is 22.5 Å². The molecule has 1 N–H and O–H groups in total. The van der Waals surface area contributed by atoms with E-state index in [4.69, 9.17) is 16.7 Å². The third kappa shape index (κ3) is 4.97. The quantitative estimate of drug-likeness (QED) is 0.270. The van der Waals surface area contributed by atoms with Gasteiger partial charge in [0, 0.05) is 40.0 Å². The number of para-hydroxylation sites is 1. The number of rotatable bonds is 7. The summed E-state index contributed by atoms with van der Waals surface area (Å²) in [5.74, 6) is -0.571. The van der Waals surface area contributed by atoms with Crippen LogP contribution in [0.1, 0.15) is 31.8 Å². The maximum atomic E-state index is 13.2. The number of ketones is 1. The van der Waals surface area contributed by atoms with Crippen molar-refractivity contribution in [1.29, 1.82) is 0 Å². The van der Waals surface area contributed by atoms with Gasteiger partial charge in [0.25, 0.3) is 5.91 Å². The molecule has 5 aromatic rings. The molecule has 0 saturated carbocycles. The number of nitrogens with one attached hydrogen (secondary N) is 1. The average molecular weight is 492 g/mol. The van der Waals surface area contributed by atoms with Gasteiger partial charge in [0.15, 0.2) is 5.78 Å². The first-order valence-corrected chi connectivity index (χ1v) is 11.8. The molecule has 0 spiro atoms. The van der Waals surface area contributed by atoms with Crippen molar-refractivity contribution in [2.24, 2.45) is 0 Å². The zero-order valence-electron chi connectivity index (χ0n) is 19.3. The Hall–Kier alpha value is -4.48. The van der Waals surface area contributed by atoms with Gasteiger partial charge in [-0.3, -0.25) is 9.59 Å². The summed E-state index contributed by atoms with van der Waals surface area (Å²) < 4.78 is 1.81. The number of hydrogen-bond donors (Lipinski definition) is 1. The monoisotopic (exact) mass is 491 g/mol. The average Bonchev–Trinajstić information content (AvgIpc) is 3.37. The molecule has 176 valence electrons. The van der Waals surface area contributed by atoms with Crippen LogP contribution < -0.4 is 5.32 Å². The summed E-state index contributed by atoms with van der Waals surface area (Å²) in [6, 6.07) is 33.1. The van der Waals surface area contributed by atoms with Gasteiger partial charge in [-0.2, -0.15) is 5.10 Å². The van der Waals surface area contributed by atoms with E-state index in [9.17, 15) is 9.59 Å². The third-order valence-electron chi connectivity index (χ3n) is 5.82. The van der Waals surface area contributed by atoms with E-state index >= 15 is 0 Å². The van der Waals surface area contributed by atoms with E-state index in [1.165, 1.54) is 0 Å². The summed E-state index contributed by atoms with van der Waals surface area (Å²) in [5, 5.41) is 8.32. The Kier molecular flexibility index (Phi) is 6.74. The maximum absolute atomic E-state index is 13.2. The molecular formula is C30H22ClN3O2. The molecule has 0 aliphatic carbocycles. The number of carbonyl (C=O) groups is 2. The van der Waals surface area contributed by atoms with Crippen molar-refractivity contribution in [3.63, 3.8) is 0 Å². The molecule has 0 aliphatic heterocycles. The number of benzene rings is 4. The number of hydrogen-bond acceptors (Lipinski definition) is 3. The Bertz CT molecular complexity index is 1510. The van der Waals surface area contributed by atoms with Crippen molar-refractivity contribution in [1.82, 2.24) is 15.1 Å². The van der Waals surface area contributed by atoms with Crippen molar-refractivity contribution in [3.8, 4) is 16.9 Å². The Labute approximate surface area is 214 Å². The molecule has 0 fully saturated rings. The first-order chi connectivity index (χ1) is 17.6. The largest absolute Gasteiger partial charge is 0.348 e. The molecule has 0 aliphatic rings. The highest BCUT2D eigenvalue weighted by molar-refractivity contribution is 6.30. The summed E-state index contributed by atoms with van der Waals surface area (Å²) in [5.41, 5.74) is 4.64. The predicted octanol–water partition coefficient (Wildman–Crippen LogP) is 6.35. The first kappa shape index (κ1) is 23.3. The fraction of sp³-hybridized carbons (Fsp3) is 0.0333.